The van der Waals surface area contributed by atoms with E-state index in [1.807, 2.05) is 26.8 Å². The number of H-pyrrole nitrogens is 2. The molecule has 0 aromatic carbocycles. The van der Waals surface area contributed by atoms with Gasteiger partial charge in [0.1, 0.15) is 11.6 Å². The van der Waals surface area contributed by atoms with Crippen LogP contribution in [0, 0.1) is 0 Å². The van der Waals surface area contributed by atoms with Crippen LogP contribution in [0.2, 0.25) is 0 Å². The highest BCUT2D eigenvalue weighted by atomic mass is 16.6. The van der Waals surface area contributed by atoms with Crippen LogP contribution in [0.15, 0.2) is 17.1 Å². The van der Waals surface area contributed by atoms with Crippen molar-refractivity contribution in [2.45, 2.75) is 45.3 Å². The average molecular weight is 333 g/mol. The van der Waals surface area contributed by atoms with Gasteiger partial charge in [0.25, 0.3) is 0 Å². The van der Waals surface area contributed by atoms with E-state index in [0.717, 1.165) is 25.1 Å². The molecule has 8 nitrogen and oxygen atoms in total. The lowest BCUT2D eigenvalue weighted by Gasteiger charge is -2.34. The number of aromatic amines is 2. The lowest BCUT2D eigenvalue weighted by Crippen LogP contribution is -2.46. The van der Waals surface area contributed by atoms with Crippen LogP contribution in [-0.4, -0.2) is 45.8 Å². The summed E-state index contributed by atoms with van der Waals surface area (Å²) in [6, 6.07) is 1.86. The van der Waals surface area contributed by atoms with E-state index >= 15 is 0 Å². The van der Waals surface area contributed by atoms with E-state index in [0.29, 0.717) is 17.7 Å². The van der Waals surface area contributed by atoms with Gasteiger partial charge in [-0.3, -0.25) is 4.98 Å². The zero-order valence-electron chi connectivity index (χ0n) is 14.2. The molecule has 1 unspecified atom stereocenters. The van der Waals surface area contributed by atoms with Crippen molar-refractivity contribution in [3.8, 4) is 0 Å². The Morgan fingerprint density at radius 3 is 2.96 bits per heavy atom. The lowest BCUT2D eigenvalue weighted by molar-refractivity contribution is 0.0827. The number of alkyl carbamates (subject to hydrolysis) is 1. The molecule has 130 valence electrons. The summed E-state index contributed by atoms with van der Waals surface area (Å²) in [6.07, 6.45) is 2.81. The van der Waals surface area contributed by atoms with Crippen molar-refractivity contribution in [2.24, 2.45) is 0 Å². The maximum absolute atomic E-state index is 12.0. The van der Waals surface area contributed by atoms with Gasteiger partial charge in [-0.1, -0.05) is 0 Å². The summed E-state index contributed by atoms with van der Waals surface area (Å²) in [5, 5.41) is 2.81. The molecule has 3 rings (SSSR count). The van der Waals surface area contributed by atoms with Gasteiger partial charge in [0.05, 0.1) is 12.2 Å². The third kappa shape index (κ3) is 3.69. The van der Waals surface area contributed by atoms with Crippen LogP contribution >= 0.6 is 0 Å². The van der Waals surface area contributed by atoms with E-state index < -0.39 is 6.09 Å². The molecule has 0 bridgehead atoms. The molecular weight excluding hydrogens is 310 g/mol. The van der Waals surface area contributed by atoms with Gasteiger partial charge < -0.3 is 19.9 Å². The first-order chi connectivity index (χ1) is 11.3. The lowest BCUT2D eigenvalue weighted by atomic mass is 10.1. The van der Waals surface area contributed by atoms with Crippen LogP contribution in [0.4, 0.5) is 10.5 Å². The Bertz CT molecular complexity index is 789. The Labute approximate surface area is 139 Å². The van der Waals surface area contributed by atoms with E-state index in [1.54, 1.807) is 6.20 Å². The molecule has 1 amide bonds. The SMILES string of the molecule is CC(C)(C)NC(=O)OC1CCCN(c2ccnc3[nH]c(=O)[nH]c23)C1. The molecule has 24 heavy (non-hydrogen) atoms. The number of amides is 1. The molecule has 0 radical (unpaired) electrons. The van der Waals surface area contributed by atoms with Gasteiger partial charge in [-0.05, 0) is 39.7 Å². The van der Waals surface area contributed by atoms with E-state index in [1.165, 1.54) is 0 Å². The molecule has 3 heterocycles. The van der Waals surface area contributed by atoms with Crippen molar-refractivity contribution in [3.63, 3.8) is 0 Å². The summed E-state index contributed by atoms with van der Waals surface area (Å²) >= 11 is 0. The zero-order chi connectivity index (χ0) is 17.3. The minimum Gasteiger partial charge on any atom is -0.444 e. The molecule has 0 aliphatic carbocycles. The predicted molar refractivity (Wildman–Crippen MR) is 91.3 cm³/mol. The van der Waals surface area contributed by atoms with Crippen LogP contribution < -0.4 is 15.9 Å². The Morgan fingerprint density at radius 2 is 2.21 bits per heavy atom. The molecule has 2 aromatic heterocycles. The Morgan fingerprint density at radius 1 is 1.42 bits per heavy atom. The number of nitrogens with zero attached hydrogens (tertiary/aromatic N) is 2. The van der Waals surface area contributed by atoms with Gasteiger partial charge in [0.15, 0.2) is 5.65 Å². The topological polar surface area (TPSA) is 103 Å². The highest BCUT2D eigenvalue weighted by molar-refractivity contribution is 5.85. The van der Waals surface area contributed by atoms with Crippen molar-refractivity contribution in [1.82, 2.24) is 20.3 Å². The van der Waals surface area contributed by atoms with Gasteiger partial charge in [0, 0.05) is 18.3 Å². The fourth-order valence-corrected chi connectivity index (χ4v) is 2.93. The second-order valence-electron chi connectivity index (χ2n) is 7.12. The Hall–Kier alpha value is -2.51. The van der Waals surface area contributed by atoms with E-state index in [-0.39, 0.29) is 17.3 Å². The number of pyridine rings is 1. The first-order valence-corrected chi connectivity index (χ1v) is 8.12. The number of imidazole rings is 1. The number of carbonyl (C=O) groups excluding carboxylic acids is 1. The van der Waals surface area contributed by atoms with Crippen molar-refractivity contribution in [1.29, 1.82) is 0 Å². The third-order valence-electron chi connectivity index (χ3n) is 3.87. The van der Waals surface area contributed by atoms with Crippen molar-refractivity contribution < 1.29 is 9.53 Å². The van der Waals surface area contributed by atoms with Gasteiger partial charge in [-0.15, -0.1) is 0 Å². The number of nitrogens with one attached hydrogen (secondary N) is 3. The molecule has 1 aliphatic rings. The minimum atomic E-state index is -0.399. The molecule has 8 heteroatoms. The van der Waals surface area contributed by atoms with Crippen LogP contribution in [0.1, 0.15) is 33.6 Å². The van der Waals surface area contributed by atoms with E-state index in [9.17, 15) is 9.59 Å². The number of aromatic nitrogens is 3. The number of rotatable bonds is 2. The van der Waals surface area contributed by atoms with Crippen LogP contribution in [0.3, 0.4) is 0 Å². The molecule has 1 aliphatic heterocycles. The van der Waals surface area contributed by atoms with Crippen molar-refractivity contribution in [2.75, 3.05) is 18.0 Å². The third-order valence-corrected chi connectivity index (χ3v) is 3.87. The summed E-state index contributed by atoms with van der Waals surface area (Å²) in [5.41, 5.74) is 1.50. The molecule has 1 atom stereocenters. The maximum atomic E-state index is 12.0. The number of anilines is 1. The minimum absolute atomic E-state index is 0.185. The number of hydrogen-bond donors (Lipinski definition) is 3. The standard InChI is InChI=1S/C16H23N5O3/c1-16(2,3)20-15(23)24-10-5-4-8-21(9-10)11-6-7-17-13-12(11)18-14(22)19-13/h6-7,10H,4-5,8-9H2,1-3H3,(H,20,23)(H2,17,18,19,22). The number of hydrogen-bond acceptors (Lipinski definition) is 5. The van der Waals surface area contributed by atoms with Crippen LogP contribution in [0.25, 0.3) is 11.2 Å². The summed E-state index contributed by atoms with van der Waals surface area (Å²) in [5.74, 6) is 0. The first kappa shape index (κ1) is 16.4. The fraction of sp³-hybridized carbons (Fsp3) is 0.562. The second kappa shape index (κ2) is 6.18. The number of fused-ring (bicyclic) bond motifs is 1. The highest BCUT2D eigenvalue weighted by Crippen LogP contribution is 2.26. The first-order valence-electron chi connectivity index (χ1n) is 8.12. The monoisotopic (exact) mass is 333 g/mol. The van der Waals surface area contributed by atoms with Gasteiger partial charge in [0.2, 0.25) is 0 Å². The highest BCUT2D eigenvalue weighted by Gasteiger charge is 2.26. The predicted octanol–water partition coefficient (Wildman–Crippen LogP) is 1.74. The fourth-order valence-electron chi connectivity index (χ4n) is 2.93. The molecule has 1 saturated heterocycles. The number of ether oxygens (including phenoxy) is 1. The summed E-state index contributed by atoms with van der Waals surface area (Å²) in [4.78, 5) is 35.2. The Balaban J connectivity index is 1.73. The molecule has 0 spiro atoms. The maximum Gasteiger partial charge on any atom is 0.407 e. The second-order valence-corrected chi connectivity index (χ2v) is 7.12. The van der Waals surface area contributed by atoms with Crippen LogP contribution in [-0.2, 0) is 4.74 Å². The number of carbonyl (C=O) groups is 1. The molecular formula is C16H23N5O3. The normalized spacial score (nSPS) is 18.6. The quantitative estimate of drug-likeness (QED) is 0.777. The van der Waals surface area contributed by atoms with Gasteiger partial charge in [-0.25, -0.2) is 14.6 Å². The number of piperidine rings is 1. The summed E-state index contributed by atoms with van der Waals surface area (Å²) in [6.45, 7) is 7.17. The molecule has 0 saturated carbocycles. The summed E-state index contributed by atoms with van der Waals surface area (Å²) < 4.78 is 5.55. The van der Waals surface area contributed by atoms with Crippen molar-refractivity contribution >= 4 is 22.9 Å². The van der Waals surface area contributed by atoms with Crippen LogP contribution in [0.5, 0.6) is 0 Å². The average Bonchev–Trinajstić information content (AvgIpc) is 2.85. The Kier molecular flexibility index (Phi) is 4.21. The van der Waals surface area contributed by atoms with Gasteiger partial charge in [-0.2, -0.15) is 0 Å². The largest absolute Gasteiger partial charge is 0.444 e. The molecule has 2 aromatic rings. The van der Waals surface area contributed by atoms with Gasteiger partial charge >= 0.3 is 11.8 Å². The van der Waals surface area contributed by atoms with E-state index in [4.69, 9.17) is 4.74 Å². The summed E-state index contributed by atoms with van der Waals surface area (Å²) in [7, 11) is 0. The zero-order valence-corrected chi connectivity index (χ0v) is 14.2. The smallest absolute Gasteiger partial charge is 0.407 e. The van der Waals surface area contributed by atoms with Crippen molar-refractivity contribution in [3.05, 3.63) is 22.7 Å². The molecule has 3 N–H and O–H groups in total. The molecule has 1 fully saturated rings. The van der Waals surface area contributed by atoms with E-state index in [2.05, 4.69) is 25.2 Å².